The Bertz CT molecular complexity index is 295. The summed E-state index contributed by atoms with van der Waals surface area (Å²) in [4.78, 5) is 3.70. The van der Waals surface area contributed by atoms with E-state index in [9.17, 15) is 4.39 Å². The summed E-state index contributed by atoms with van der Waals surface area (Å²) in [5, 5.41) is 3.20. The lowest BCUT2D eigenvalue weighted by Crippen LogP contribution is -2.17. The number of hydrogen-bond donors (Lipinski definition) is 1. The van der Waals surface area contributed by atoms with Crippen molar-refractivity contribution in [3.05, 3.63) is 29.3 Å². The zero-order valence-corrected chi connectivity index (χ0v) is 8.97. The first-order chi connectivity index (χ1) is 6.72. The van der Waals surface area contributed by atoms with Gasteiger partial charge in [-0.1, -0.05) is 13.8 Å². The molecule has 1 heterocycles. The molecule has 3 heteroatoms. The van der Waals surface area contributed by atoms with Gasteiger partial charge < -0.3 is 5.32 Å². The third-order valence-electron chi connectivity index (χ3n) is 2.50. The molecule has 0 saturated carbocycles. The highest BCUT2D eigenvalue weighted by molar-refractivity contribution is 5.26. The Morgan fingerprint density at radius 2 is 2.21 bits per heavy atom. The van der Waals surface area contributed by atoms with Crippen LogP contribution in [0.15, 0.2) is 12.3 Å². The molecule has 0 aliphatic rings. The summed E-state index contributed by atoms with van der Waals surface area (Å²) in [7, 11) is 1.91. The molecule has 1 N–H and O–H groups in total. The highest BCUT2D eigenvalue weighted by atomic mass is 19.1. The van der Waals surface area contributed by atoms with Crippen LogP contribution < -0.4 is 5.32 Å². The molecule has 0 aliphatic heterocycles. The van der Waals surface area contributed by atoms with Gasteiger partial charge in [0.25, 0.3) is 0 Å². The van der Waals surface area contributed by atoms with E-state index >= 15 is 0 Å². The molecule has 0 bridgehead atoms. The van der Waals surface area contributed by atoms with Crippen molar-refractivity contribution < 1.29 is 4.39 Å². The first kappa shape index (κ1) is 11.1. The first-order valence-electron chi connectivity index (χ1n) is 5.04. The lowest BCUT2D eigenvalue weighted by atomic mass is 9.99. The van der Waals surface area contributed by atoms with Crippen LogP contribution >= 0.6 is 0 Å². The molecular weight excluding hydrogens is 179 g/mol. The third kappa shape index (κ3) is 2.29. The fourth-order valence-corrected chi connectivity index (χ4v) is 1.68. The van der Waals surface area contributed by atoms with E-state index in [0.717, 1.165) is 24.0 Å². The summed E-state index contributed by atoms with van der Waals surface area (Å²) in [6, 6.07) is 1.80. The average molecular weight is 196 g/mol. The van der Waals surface area contributed by atoms with Crippen LogP contribution in [0.3, 0.4) is 0 Å². The number of halogens is 1. The van der Waals surface area contributed by atoms with Gasteiger partial charge in [-0.25, -0.2) is 4.98 Å². The fourth-order valence-electron chi connectivity index (χ4n) is 1.68. The number of rotatable bonds is 4. The summed E-state index contributed by atoms with van der Waals surface area (Å²) >= 11 is 0. The van der Waals surface area contributed by atoms with Gasteiger partial charge in [0, 0.05) is 12.2 Å². The van der Waals surface area contributed by atoms with E-state index in [2.05, 4.69) is 17.2 Å². The largest absolute Gasteiger partial charge is 0.313 e. The highest BCUT2D eigenvalue weighted by Crippen LogP contribution is 2.20. The van der Waals surface area contributed by atoms with Crippen LogP contribution in [0.1, 0.15) is 37.4 Å². The molecule has 1 aromatic rings. The van der Waals surface area contributed by atoms with Crippen molar-refractivity contribution in [2.75, 3.05) is 7.05 Å². The molecule has 1 rings (SSSR count). The predicted octanol–water partition coefficient (Wildman–Crippen LogP) is 2.45. The van der Waals surface area contributed by atoms with E-state index in [-0.39, 0.29) is 6.04 Å². The minimum Gasteiger partial charge on any atom is -0.313 e. The van der Waals surface area contributed by atoms with Gasteiger partial charge in [-0.15, -0.1) is 0 Å². The number of aromatic nitrogens is 1. The van der Waals surface area contributed by atoms with Gasteiger partial charge in [-0.05, 0) is 37.1 Å². The lowest BCUT2D eigenvalue weighted by Gasteiger charge is -2.17. The highest BCUT2D eigenvalue weighted by Gasteiger charge is 2.11. The van der Waals surface area contributed by atoms with Crippen molar-refractivity contribution in [2.45, 2.75) is 32.7 Å². The molecule has 1 unspecified atom stereocenters. The van der Waals surface area contributed by atoms with Gasteiger partial charge in [0.2, 0.25) is 5.95 Å². The summed E-state index contributed by atoms with van der Waals surface area (Å²) in [5.41, 5.74) is 2.15. The van der Waals surface area contributed by atoms with Gasteiger partial charge in [0.15, 0.2) is 0 Å². The van der Waals surface area contributed by atoms with E-state index < -0.39 is 5.95 Å². The van der Waals surface area contributed by atoms with E-state index in [1.54, 1.807) is 6.20 Å². The lowest BCUT2D eigenvalue weighted by molar-refractivity contribution is 0.550. The van der Waals surface area contributed by atoms with Crippen molar-refractivity contribution in [3.8, 4) is 0 Å². The second-order valence-corrected chi connectivity index (χ2v) is 3.31. The van der Waals surface area contributed by atoms with Crippen LogP contribution in [0, 0.1) is 5.95 Å². The second-order valence-electron chi connectivity index (χ2n) is 3.31. The maximum Gasteiger partial charge on any atom is 0.213 e. The number of nitrogens with one attached hydrogen (secondary N) is 1. The number of pyridine rings is 1. The monoisotopic (exact) mass is 196 g/mol. The molecule has 0 spiro atoms. The number of aryl methyl sites for hydroxylation is 1. The zero-order valence-electron chi connectivity index (χ0n) is 8.97. The van der Waals surface area contributed by atoms with E-state index in [4.69, 9.17) is 0 Å². The van der Waals surface area contributed by atoms with E-state index in [1.165, 1.54) is 6.07 Å². The predicted molar refractivity (Wildman–Crippen MR) is 55.7 cm³/mol. The van der Waals surface area contributed by atoms with Crippen LogP contribution in [0.5, 0.6) is 0 Å². The molecule has 1 aromatic heterocycles. The van der Waals surface area contributed by atoms with Crippen LogP contribution in [0.2, 0.25) is 0 Å². The van der Waals surface area contributed by atoms with Crippen LogP contribution in [-0.4, -0.2) is 12.0 Å². The summed E-state index contributed by atoms with van der Waals surface area (Å²) < 4.78 is 12.9. The van der Waals surface area contributed by atoms with E-state index in [1.807, 2.05) is 14.0 Å². The van der Waals surface area contributed by atoms with Crippen LogP contribution in [0.4, 0.5) is 4.39 Å². The van der Waals surface area contributed by atoms with Crippen molar-refractivity contribution in [3.63, 3.8) is 0 Å². The number of nitrogens with zero attached hydrogens (tertiary/aromatic N) is 1. The second kappa shape index (κ2) is 5.05. The molecule has 2 nitrogen and oxygen atoms in total. The van der Waals surface area contributed by atoms with Crippen molar-refractivity contribution in [1.82, 2.24) is 10.3 Å². The third-order valence-corrected chi connectivity index (χ3v) is 2.50. The van der Waals surface area contributed by atoms with Gasteiger partial charge in [0.05, 0.1) is 0 Å². The number of hydrogen-bond acceptors (Lipinski definition) is 2. The topological polar surface area (TPSA) is 24.9 Å². The Hall–Kier alpha value is -0.960. The molecule has 14 heavy (non-hydrogen) atoms. The molecule has 1 atom stereocenters. The summed E-state index contributed by atoms with van der Waals surface area (Å²) in [6.45, 7) is 4.13. The van der Waals surface area contributed by atoms with Crippen LogP contribution in [-0.2, 0) is 6.42 Å². The minimum absolute atomic E-state index is 0.276. The Morgan fingerprint density at radius 1 is 1.50 bits per heavy atom. The molecule has 0 amide bonds. The normalized spacial score (nSPS) is 12.9. The van der Waals surface area contributed by atoms with E-state index in [0.29, 0.717) is 0 Å². The molecule has 0 saturated heterocycles. The van der Waals surface area contributed by atoms with Crippen molar-refractivity contribution in [1.29, 1.82) is 0 Å². The molecule has 0 aromatic carbocycles. The molecular formula is C11H17FN2. The van der Waals surface area contributed by atoms with Crippen molar-refractivity contribution in [2.24, 2.45) is 0 Å². The Morgan fingerprint density at radius 3 is 2.71 bits per heavy atom. The Kier molecular flexibility index (Phi) is 4.01. The molecule has 0 fully saturated rings. The molecule has 0 aliphatic carbocycles. The molecule has 0 radical (unpaired) electrons. The fraction of sp³-hybridized carbons (Fsp3) is 0.545. The Labute approximate surface area is 84.6 Å². The molecule has 78 valence electrons. The maximum atomic E-state index is 12.9. The van der Waals surface area contributed by atoms with Gasteiger partial charge in [0.1, 0.15) is 0 Å². The van der Waals surface area contributed by atoms with Crippen molar-refractivity contribution >= 4 is 0 Å². The summed E-state index contributed by atoms with van der Waals surface area (Å²) in [5.74, 6) is -0.392. The average Bonchev–Trinajstić information content (AvgIpc) is 2.21. The summed E-state index contributed by atoms with van der Waals surface area (Å²) in [6.07, 6.45) is 3.46. The first-order valence-corrected chi connectivity index (χ1v) is 5.04. The zero-order chi connectivity index (χ0) is 10.6. The smallest absolute Gasteiger partial charge is 0.213 e. The Balaban J connectivity index is 3.06. The standard InChI is InChI=1S/C11H17FN2/c1-4-8-6-11(12)14-7-9(8)10(5-2)13-3/h6-7,10,13H,4-5H2,1-3H3. The maximum absolute atomic E-state index is 12.9. The van der Waals surface area contributed by atoms with Crippen LogP contribution in [0.25, 0.3) is 0 Å². The minimum atomic E-state index is -0.392. The SMILES string of the molecule is CCc1cc(F)ncc1C(CC)NC. The van der Waals surface area contributed by atoms with Gasteiger partial charge >= 0.3 is 0 Å². The van der Waals surface area contributed by atoms with Gasteiger partial charge in [-0.3, -0.25) is 0 Å². The quantitative estimate of drug-likeness (QED) is 0.748. The van der Waals surface area contributed by atoms with Gasteiger partial charge in [-0.2, -0.15) is 4.39 Å².